The highest BCUT2D eigenvalue weighted by atomic mass is 32.2. The van der Waals surface area contributed by atoms with E-state index < -0.39 is 5.97 Å². The highest BCUT2D eigenvalue weighted by Crippen LogP contribution is 2.14. The molecule has 1 unspecified atom stereocenters. The Hall–Kier alpha value is -1.04. The second-order valence-electron chi connectivity index (χ2n) is 3.48. The Balaban J connectivity index is 2.38. The number of nitrogens with zero attached hydrogens (tertiary/aromatic N) is 3. The molecule has 1 atom stereocenters. The zero-order valence-electron chi connectivity index (χ0n) is 9.10. The van der Waals surface area contributed by atoms with E-state index in [1.807, 2.05) is 18.5 Å². The van der Waals surface area contributed by atoms with E-state index >= 15 is 0 Å². The molecule has 0 fully saturated rings. The van der Waals surface area contributed by atoms with Crippen molar-refractivity contribution in [1.82, 2.24) is 14.8 Å². The molecule has 0 radical (unpaired) electrons. The van der Waals surface area contributed by atoms with Crippen LogP contribution in [0.2, 0.25) is 0 Å². The fraction of sp³-hybridized carbons (Fsp3) is 0.667. The van der Waals surface area contributed by atoms with Gasteiger partial charge in [-0.1, -0.05) is 6.92 Å². The van der Waals surface area contributed by atoms with Crippen molar-refractivity contribution in [2.24, 2.45) is 13.0 Å². The molecule has 1 aromatic heterocycles. The molecule has 1 N–H and O–H groups in total. The maximum atomic E-state index is 10.6. The summed E-state index contributed by atoms with van der Waals surface area (Å²) in [6.07, 6.45) is 0. The van der Waals surface area contributed by atoms with Crippen LogP contribution in [-0.2, 0) is 17.6 Å². The van der Waals surface area contributed by atoms with Crippen LogP contribution < -0.4 is 0 Å². The number of hydrogen-bond acceptors (Lipinski definition) is 4. The SMILES string of the molecule is Cc1nnc(CSCC(C)C(=O)O)n1C. The molecular formula is C9H15N3O2S. The molecule has 0 spiro atoms. The summed E-state index contributed by atoms with van der Waals surface area (Å²) >= 11 is 1.57. The van der Waals surface area contributed by atoms with Crippen molar-refractivity contribution in [3.05, 3.63) is 11.6 Å². The van der Waals surface area contributed by atoms with Crippen molar-refractivity contribution in [1.29, 1.82) is 0 Å². The average Bonchev–Trinajstić information content (AvgIpc) is 2.49. The Morgan fingerprint density at radius 3 is 2.73 bits per heavy atom. The molecule has 0 aliphatic rings. The summed E-state index contributed by atoms with van der Waals surface area (Å²) in [5, 5.41) is 16.6. The third-order valence-corrected chi connectivity index (χ3v) is 3.40. The van der Waals surface area contributed by atoms with Gasteiger partial charge in [-0.05, 0) is 6.92 Å². The molecule has 0 saturated carbocycles. The van der Waals surface area contributed by atoms with E-state index in [-0.39, 0.29) is 5.92 Å². The van der Waals surface area contributed by atoms with Crippen LogP contribution >= 0.6 is 11.8 Å². The van der Waals surface area contributed by atoms with Crippen molar-refractivity contribution >= 4 is 17.7 Å². The van der Waals surface area contributed by atoms with Gasteiger partial charge in [0.15, 0.2) is 0 Å². The summed E-state index contributed by atoms with van der Waals surface area (Å²) in [7, 11) is 1.91. The molecule has 1 aromatic rings. The van der Waals surface area contributed by atoms with Gasteiger partial charge in [0.1, 0.15) is 11.6 Å². The second kappa shape index (κ2) is 5.16. The van der Waals surface area contributed by atoms with Crippen LogP contribution in [0.25, 0.3) is 0 Å². The van der Waals surface area contributed by atoms with Gasteiger partial charge in [0.25, 0.3) is 0 Å². The van der Waals surface area contributed by atoms with E-state index in [2.05, 4.69) is 10.2 Å². The maximum Gasteiger partial charge on any atom is 0.307 e. The number of rotatable bonds is 5. The van der Waals surface area contributed by atoms with Crippen LogP contribution in [0.3, 0.4) is 0 Å². The third-order valence-electron chi connectivity index (χ3n) is 2.20. The van der Waals surface area contributed by atoms with Gasteiger partial charge in [0, 0.05) is 12.8 Å². The van der Waals surface area contributed by atoms with Crippen molar-refractivity contribution in [3.8, 4) is 0 Å². The third kappa shape index (κ3) is 3.23. The summed E-state index contributed by atoms with van der Waals surface area (Å²) < 4.78 is 1.92. The fourth-order valence-corrected chi connectivity index (χ4v) is 2.02. The number of aromatic nitrogens is 3. The largest absolute Gasteiger partial charge is 0.481 e. The number of carboxylic acids is 1. The monoisotopic (exact) mass is 229 g/mol. The highest BCUT2D eigenvalue weighted by molar-refractivity contribution is 7.98. The van der Waals surface area contributed by atoms with E-state index in [0.29, 0.717) is 11.5 Å². The minimum Gasteiger partial charge on any atom is -0.481 e. The second-order valence-corrected chi connectivity index (χ2v) is 4.51. The molecule has 84 valence electrons. The highest BCUT2D eigenvalue weighted by Gasteiger charge is 2.11. The fourth-order valence-electron chi connectivity index (χ4n) is 0.975. The van der Waals surface area contributed by atoms with Crippen LogP contribution in [0.15, 0.2) is 0 Å². The van der Waals surface area contributed by atoms with Gasteiger partial charge >= 0.3 is 5.97 Å². The lowest BCUT2D eigenvalue weighted by molar-refractivity contribution is -0.140. The summed E-state index contributed by atoms with van der Waals surface area (Å²) in [6, 6.07) is 0. The van der Waals surface area contributed by atoms with Crippen LogP contribution in [0.4, 0.5) is 0 Å². The molecule has 1 rings (SSSR count). The standard InChI is InChI=1S/C9H15N3O2S/c1-6(9(13)14)4-15-5-8-11-10-7(2)12(8)3/h6H,4-5H2,1-3H3,(H,13,14). The number of hydrogen-bond donors (Lipinski definition) is 1. The predicted octanol–water partition coefficient (Wildman–Crippen LogP) is 1.08. The summed E-state index contributed by atoms with van der Waals surface area (Å²) in [4.78, 5) is 10.6. The lowest BCUT2D eigenvalue weighted by Gasteiger charge is -2.05. The van der Waals surface area contributed by atoms with Crippen LogP contribution in [-0.4, -0.2) is 31.6 Å². The minimum absolute atomic E-state index is 0.315. The normalized spacial score (nSPS) is 12.7. The van der Waals surface area contributed by atoms with Crippen molar-refractivity contribution in [2.45, 2.75) is 19.6 Å². The number of thioether (sulfide) groups is 1. The first-order valence-corrected chi connectivity index (χ1v) is 5.83. The molecule has 0 aliphatic carbocycles. The van der Waals surface area contributed by atoms with Crippen molar-refractivity contribution in [3.63, 3.8) is 0 Å². The van der Waals surface area contributed by atoms with Crippen molar-refractivity contribution in [2.75, 3.05) is 5.75 Å². The Labute approximate surface area is 92.9 Å². The minimum atomic E-state index is -0.753. The first-order chi connectivity index (χ1) is 7.02. The lowest BCUT2D eigenvalue weighted by atomic mass is 10.2. The Morgan fingerprint density at radius 1 is 1.60 bits per heavy atom. The van der Waals surface area contributed by atoms with Gasteiger partial charge in [-0.25, -0.2) is 0 Å². The van der Waals surface area contributed by atoms with Gasteiger partial charge in [-0.15, -0.1) is 10.2 Å². The molecule has 0 bridgehead atoms. The zero-order chi connectivity index (χ0) is 11.4. The molecule has 6 heteroatoms. The molecule has 5 nitrogen and oxygen atoms in total. The molecule has 0 aliphatic heterocycles. The first kappa shape index (κ1) is 12.0. The molecular weight excluding hydrogens is 214 g/mol. The number of aryl methyl sites for hydroxylation is 1. The molecule has 0 saturated heterocycles. The van der Waals surface area contributed by atoms with Gasteiger partial charge < -0.3 is 9.67 Å². The molecule has 0 amide bonds. The van der Waals surface area contributed by atoms with Gasteiger partial charge in [0.2, 0.25) is 0 Å². The summed E-state index contributed by atoms with van der Waals surface area (Å²) in [6.45, 7) is 3.60. The molecule has 15 heavy (non-hydrogen) atoms. The summed E-state index contributed by atoms with van der Waals surface area (Å²) in [5.41, 5.74) is 0. The molecule has 0 aromatic carbocycles. The maximum absolute atomic E-state index is 10.6. The lowest BCUT2D eigenvalue weighted by Crippen LogP contribution is -2.12. The summed E-state index contributed by atoms with van der Waals surface area (Å²) in [5.74, 6) is 1.99. The number of aliphatic carboxylic acids is 1. The molecule has 1 heterocycles. The topological polar surface area (TPSA) is 68.0 Å². The first-order valence-electron chi connectivity index (χ1n) is 4.67. The number of carboxylic acid groups (broad SMARTS) is 1. The smallest absolute Gasteiger partial charge is 0.307 e. The zero-order valence-corrected chi connectivity index (χ0v) is 9.91. The van der Waals surface area contributed by atoms with Crippen molar-refractivity contribution < 1.29 is 9.90 Å². The van der Waals surface area contributed by atoms with Gasteiger partial charge in [-0.2, -0.15) is 11.8 Å². The average molecular weight is 229 g/mol. The predicted molar refractivity (Wildman–Crippen MR) is 58.7 cm³/mol. The van der Waals surface area contributed by atoms with Gasteiger partial charge in [-0.3, -0.25) is 4.79 Å². The van der Waals surface area contributed by atoms with E-state index in [1.165, 1.54) is 0 Å². The number of carbonyl (C=O) groups is 1. The Morgan fingerprint density at radius 2 is 2.27 bits per heavy atom. The van der Waals surface area contributed by atoms with E-state index in [4.69, 9.17) is 5.11 Å². The quantitative estimate of drug-likeness (QED) is 0.818. The van der Waals surface area contributed by atoms with Crippen LogP contribution in [0.1, 0.15) is 18.6 Å². The Kier molecular flexibility index (Phi) is 4.14. The van der Waals surface area contributed by atoms with Crippen LogP contribution in [0, 0.1) is 12.8 Å². The van der Waals surface area contributed by atoms with E-state index in [0.717, 1.165) is 11.6 Å². The van der Waals surface area contributed by atoms with Crippen LogP contribution in [0.5, 0.6) is 0 Å². The van der Waals surface area contributed by atoms with Gasteiger partial charge in [0.05, 0.1) is 11.7 Å². The van der Waals surface area contributed by atoms with E-state index in [9.17, 15) is 4.79 Å². The van der Waals surface area contributed by atoms with E-state index in [1.54, 1.807) is 18.7 Å². The Bertz CT molecular complexity index is 351.